The molecule has 20 heavy (non-hydrogen) atoms. The van der Waals surface area contributed by atoms with E-state index in [9.17, 15) is 9.59 Å². The van der Waals surface area contributed by atoms with E-state index in [2.05, 4.69) is 10.6 Å². The van der Waals surface area contributed by atoms with Crippen LogP contribution in [0.2, 0.25) is 5.02 Å². The molecule has 1 saturated heterocycles. The molecule has 0 spiro atoms. The van der Waals surface area contributed by atoms with Crippen molar-refractivity contribution in [2.24, 2.45) is 5.92 Å². The van der Waals surface area contributed by atoms with Gasteiger partial charge in [0.15, 0.2) is 0 Å². The number of aromatic carboxylic acids is 1. The van der Waals surface area contributed by atoms with Gasteiger partial charge in [-0.25, -0.2) is 9.59 Å². The number of anilines is 1. The first-order chi connectivity index (χ1) is 9.54. The molecule has 0 saturated carbocycles. The number of urea groups is 1. The zero-order chi connectivity index (χ0) is 14.5. The second-order valence-corrected chi connectivity index (χ2v) is 5.03. The Bertz CT molecular complexity index is 515. The van der Waals surface area contributed by atoms with Crippen molar-refractivity contribution in [1.82, 2.24) is 5.32 Å². The number of hydrogen-bond donors (Lipinski definition) is 3. The van der Waals surface area contributed by atoms with Gasteiger partial charge in [-0.1, -0.05) is 11.6 Å². The van der Waals surface area contributed by atoms with Crippen molar-refractivity contribution >= 4 is 29.3 Å². The van der Waals surface area contributed by atoms with E-state index < -0.39 is 12.0 Å². The van der Waals surface area contributed by atoms with Gasteiger partial charge in [0, 0.05) is 29.8 Å². The molecule has 0 radical (unpaired) electrons. The molecule has 1 aromatic rings. The second kappa shape index (κ2) is 6.58. The van der Waals surface area contributed by atoms with Crippen LogP contribution in [0.5, 0.6) is 0 Å². The lowest BCUT2D eigenvalue weighted by Gasteiger charge is -2.11. The van der Waals surface area contributed by atoms with Gasteiger partial charge >= 0.3 is 12.0 Å². The number of halogens is 1. The van der Waals surface area contributed by atoms with Crippen molar-refractivity contribution < 1.29 is 19.4 Å². The quantitative estimate of drug-likeness (QED) is 0.795. The summed E-state index contributed by atoms with van der Waals surface area (Å²) in [6, 6.07) is 3.78. The van der Waals surface area contributed by atoms with Crippen LogP contribution in [0.4, 0.5) is 10.5 Å². The smallest absolute Gasteiger partial charge is 0.335 e. The van der Waals surface area contributed by atoms with E-state index in [1.54, 1.807) is 0 Å². The average Bonchev–Trinajstić information content (AvgIpc) is 2.88. The number of ether oxygens (including phenoxy) is 1. The summed E-state index contributed by atoms with van der Waals surface area (Å²) in [7, 11) is 0. The van der Waals surface area contributed by atoms with Crippen LogP contribution in [-0.2, 0) is 4.74 Å². The van der Waals surface area contributed by atoms with E-state index in [0.29, 0.717) is 24.8 Å². The Labute approximate surface area is 121 Å². The van der Waals surface area contributed by atoms with E-state index in [4.69, 9.17) is 21.4 Å². The summed E-state index contributed by atoms with van der Waals surface area (Å²) < 4.78 is 5.21. The minimum atomic E-state index is -1.10. The standard InChI is InChI=1S/C13H15ClN2O4/c14-10-3-9(12(17)18)4-11(5-10)16-13(19)15-6-8-1-2-20-7-8/h3-5,8H,1-2,6-7H2,(H,17,18)(H2,15,16,19). The normalized spacial score (nSPS) is 17.8. The number of carbonyl (C=O) groups excluding carboxylic acids is 1. The molecule has 108 valence electrons. The summed E-state index contributed by atoms with van der Waals surface area (Å²) in [6.07, 6.45) is 0.931. The molecule has 0 aromatic heterocycles. The molecular formula is C13H15ClN2O4. The molecule has 2 rings (SSSR count). The van der Waals surface area contributed by atoms with Gasteiger partial charge in [0.25, 0.3) is 0 Å². The highest BCUT2D eigenvalue weighted by Crippen LogP contribution is 2.19. The van der Waals surface area contributed by atoms with Crippen LogP contribution < -0.4 is 10.6 Å². The maximum atomic E-state index is 11.7. The monoisotopic (exact) mass is 298 g/mol. The van der Waals surface area contributed by atoms with Crippen LogP contribution in [0.1, 0.15) is 16.8 Å². The Balaban J connectivity index is 1.91. The fourth-order valence-electron chi connectivity index (χ4n) is 1.94. The number of nitrogens with one attached hydrogen (secondary N) is 2. The highest BCUT2D eigenvalue weighted by Gasteiger charge is 2.16. The number of benzene rings is 1. The highest BCUT2D eigenvalue weighted by molar-refractivity contribution is 6.31. The first-order valence-electron chi connectivity index (χ1n) is 6.21. The lowest BCUT2D eigenvalue weighted by molar-refractivity contribution is 0.0697. The summed E-state index contributed by atoms with van der Waals surface area (Å²) in [5, 5.41) is 14.5. The van der Waals surface area contributed by atoms with Crippen molar-refractivity contribution in [3.05, 3.63) is 28.8 Å². The van der Waals surface area contributed by atoms with Crippen LogP contribution in [0, 0.1) is 5.92 Å². The Kier molecular flexibility index (Phi) is 4.81. The van der Waals surface area contributed by atoms with Crippen LogP contribution >= 0.6 is 11.6 Å². The predicted octanol–water partition coefficient (Wildman–Crippen LogP) is 2.20. The van der Waals surface area contributed by atoms with Crippen LogP contribution in [0.15, 0.2) is 18.2 Å². The van der Waals surface area contributed by atoms with E-state index in [1.165, 1.54) is 18.2 Å². The van der Waals surface area contributed by atoms with E-state index in [1.807, 2.05) is 0 Å². The molecule has 1 unspecified atom stereocenters. The van der Waals surface area contributed by atoms with Gasteiger partial charge < -0.3 is 20.5 Å². The third-order valence-corrected chi connectivity index (χ3v) is 3.20. The molecule has 6 nitrogen and oxygen atoms in total. The third kappa shape index (κ3) is 4.11. The molecule has 3 N–H and O–H groups in total. The zero-order valence-electron chi connectivity index (χ0n) is 10.7. The largest absolute Gasteiger partial charge is 0.478 e. The zero-order valence-corrected chi connectivity index (χ0v) is 11.4. The number of carbonyl (C=O) groups is 2. The Hall–Kier alpha value is -1.79. The Morgan fingerprint density at radius 1 is 1.40 bits per heavy atom. The molecular weight excluding hydrogens is 284 g/mol. The van der Waals surface area contributed by atoms with E-state index in [0.717, 1.165) is 13.0 Å². The topological polar surface area (TPSA) is 87.7 Å². The van der Waals surface area contributed by atoms with Crippen LogP contribution in [0.25, 0.3) is 0 Å². The molecule has 7 heteroatoms. The molecule has 0 aliphatic carbocycles. The number of hydrogen-bond acceptors (Lipinski definition) is 3. The van der Waals surface area contributed by atoms with Gasteiger partial charge in [0.1, 0.15) is 0 Å². The van der Waals surface area contributed by atoms with Gasteiger partial charge in [0.05, 0.1) is 12.2 Å². The average molecular weight is 299 g/mol. The summed E-state index contributed by atoms with van der Waals surface area (Å²) in [4.78, 5) is 22.6. The fraction of sp³-hybridized carbons (Fsp3) is 0.385. The molecule has 1 aromatic carbocycles. The van der Waals surface area contributed by atoms with Crippen molar-refractivity contribution in [2.75, 3.05) is 25.1 Å². The van der Waals surface area contributed by atoms with Gasteiger partial charge in [-0.2, -0.15) is 0 Å². The van der Waals surface area contributed by atoms with Crippen molar-refractivity contribution in [2.45, 2.75) is 6.42 Å². The Morgan fingerprint density at radius 3 is 2.85 bits per heavy atom. The molecule has 2 amide bonds. The van der Waals surface area contributed by atoms with Gasteiger partial charge in [-0.3, -0.25) is 0 Å². The third-order valence-electron chi connectivity index (χ3n) is 2.98. The SMILES string of the molecule is O=C(NCC1CCOC1)Nc1cc(Cl)cc(C(=O)O)c1. The molecule has 0 bridgehead atoms. The number of rotatable bonds is 4. The molecule has 1 heterocycles. The number of carboxylic acids is 1. The van der Waals surface area contributed by atoms with Gasteiger partial charge in [0.2, 0.25) is 0 Å². The lowest BCUT2D eigenvalue weighted by Crippen LogP contribution is -2.33. The second-order valence-electron chi connectivity index (χ2n) is 4.60. The fourth-order valence-corrected chi connectivity index (χ4v) is 2.18. The summed E-state index contributed by atoms with van der Waals surface area (Å²) in [5.41, 5.74) is 0.368. The lowest BCUT2D eigenvalue weighted by atomic mass is 10.1. The number of amides is 2. The Morgan fingerprint density at radius 2 is 2.20 bits per heavy atom. The first-order valence-corrected chi connectivity index (χ1v) is 6.59. The minimum Gasteiger partial charge on any atom is -0.478 e. The van der Waals surface area contributed by atoms with Crippen molar-refractivity contribution in [3.8, 4) is 0 Å². The van der Waals surface area contributed by atoms with Gasteiger partial charge in [-0.05, 0) is 24.6 Å². The predicted molar refractivity (Wildman–Crippen MR) is 74.4 cm³/mol. The summed E-state index contributed by atoms with van der Waals surface area (Å²) >= 11 is 5.81. The molecule has 1 aliphatic heterocycles. The van der Waals surface area contributed by atoms with Crippen LogP contribution in [0.3, 0.4) is 0 Å². The number of carboxylic acid groups (broad SMARTS) is 1. The highest BCUT2D eigenvalue weighted by atomic mass is 35.5. The summed E-state index contributed by atoms with van der Waals surface area (Å²) in [5.74, 6) is -0.770. The van der Waals surface area contributed by atoms with E-state index in [-0.39, 0.29) is 10.6 Å². The maximum Gasteiger partial charge on any atom is 0.335 e. The first kappa shape index (κ1) is 14.6. The molecule has 1 aliphatic rings. The molecule has 1 atom stereocenters. The van der Waals surface area contributed by atoms with Gasteiger partial charge in [-0.15, -0.1) is 0 Å². The molecule has 1 fully saturated rings. The van der Waals surface area contributed by atoms with Crippen LogP contribution in [-0.4, -0.2) is 36.9 Å². The van der Waals surface area contributed by atoms with Crippen molar-refractivity contribution in [1.29, 1.82) is 0 Å². The summed E-state index contributed by atoms with van der Waals surface area (Å²) in [6.45, 7) is 1.91. The maximum absolute atomic E-state index is 11.7. The van der Waals surface area contributed by atoms with Crippen molar-refractivity contribution in [3.63, 3.8) is 0 Å². The van der Waals surface area contributed by atoms with E-state index >= 15 is 0 Å². The minimum absolute atomic E-state index is 0.0250.